The first kappa shape index (κ1) is 23.1. The third-order valence-electron chi connectivity index (χ3n) is 6.52. The number of hydrogen-bond donors (Lipinski definition) is 1. The summed E-state index contributed by atoms with van der Waals surface area (Å²) in [4.78, 5) is 35.7. The molecule has 1 fully saturated rings. The van der Waals surface area contributed by atoms with Gasteiger partial charge in [0.25, 0.3) is 5.91 Å². The third kappa shape index (κ3) is 4.66. The molecule has 35 heavy (non-hydrogen) atoms. The second-order valence-corrected chi connectivity index (χ2v) is 9.97. The van der Waals surface area contributed by atoms with Crippen molar-refractivity contribution in [3.05, 3.63) is 47.9 Å². The molecule has 4 heterocycles. The molecule has 2 amide bonds. The maximum Gasteiger partial charge on any atom is 0.261 e. The molecule has 2 aliphatic rings. The fraction of sp³-hybridized carbons (Fsp3) is 0.440. The predicted molar refractivity (Wildman–Crippen MR) is 133 cm³/mol. The summed E-state index contributed by atoms with van der Waals surface area (Å²) in [5, 5.41) is 7.36. The summed E-state index contributed by atoms with van der Waals surface area (Å²) in [7, 11) is 3.55. The van der Waals surface area contributed by atoms with Crippen molar-refractivity contribution in [3.8, 4) is 5.75 Å². The zero-order valence-electron chi connectivity index (χ0n) is 20.6. The van der Waals surface area contributed by atoms with Crippen LogP contribution in [0.4, 0.5) is 11.4 Å². The van der Waals surface area contributed by atoms with Gasteiger partial charge < -0.3 is 19.9 Å². The molecule has 2 aliphatic heterocycles. The molecule has 3 aromatic rings. The van der Waals surface area contributed by atoms with Crippen molar-refractivity contribution in [2.24, 2.45) is 0 Å². The van der Waals surface area contributed by atoms with Crippen molar-refractivity contribution < 1.29 is 14.3 Å². The van der Waals surface area contributed by atoms with Gasteiger partial charge in [0.15, 0.2) is 5.65 Å². The number of hydrogen-bond acceptors (Lipinski definition) is 7. The zero-order chi connectivity index (χ0) is 24.7. The van der Waals surface area contributed by atoms with E-state index >= 15 is 0 Å². The molecule has 5 rings (SSSR count). The van der Waals surface area contributed by atoms with Crippen molar-refractivity contribution in [3.63, 3.8) is 0 Å². The number of carbonyl (C=O) groups is 2. The Morgan fingerprint density at radius 2 is 1.94 bits per heavy atom. The molecule has 0 spiro atoms. The minimum Gasteiger partial charge on any atom is -0.487 e. The summed E-state index contributed by atoms with van der Waals surface area (Å²) in [6.07, 6.45) is 5.72. The number of benzene rings is 1. The standard InChI is InChI=1S/C25H31N7O3/c1-25(2)14-17-12-19(28-24(34)18-15-27-32-7-5-6-26-23(18)32)20(13-21(17)35-25)31-10-8-30(9-11-31)16-22(33)29(3)4/h5-7,12-13,15H,8-11,14,16H2,1-4H3,(H,28,34). The van der Waals surface area contributed by atoms with Crippen LogP contribution in [0.2, 0.25) is 0 Å². The first-order chi connectivity index (χ1) is 16.7. The molecule has 0 aliphatic carbocycles. The number of likely N-dealkylation sites (N-methyl/N-ethyl adjacent to an activating group) is 1. The highest BCUT2D eigenvalue weighted by Crippen LogP contribution is 2.42. The summed E-state index contributed by atoms with van der Waals surface area (Å²) >= 11 is 0. The van der Waals surface area contributed by atoms with Crippen LogP contribution in [-0.2, 0) is 11.2 Å². The predicted octanol–water partition coefficient (Wildman–Crippen LogP) is 1.91. The van der Waals surface area contributed by atoms with E-state index in [1.165, 1.54) is 6.20 Å². The first-order valence-electron chi connectivity index (χ1n) is 11.8. The molecule has 0 saturated carbocycles. The van der Waals surface area contributed by atoms with E-state index in [9.17, 15) is 9.59 Å². The van der Waals surface area contributed by atoms with E-state index in [0.717, 1.165) is 55.3 Å². The van der Waals surface area contributed by atoms with Gasteiger partial charge >= 0.3 is 0 Å². The Labute approximate surface area is 204 Å². The van der Waals surface area contributed by atoms with Crippen molar-refractivity contribution in [1.29, 1.82) is 0 Å². The van der Waals surface area contributed by atoms with Crippen molar-refractivity contribution in [2.45, 2.75) is 25.9 Å². The van der Waals surface area contributed by atoms with Gasteiger partial charge in [0.05, 0.1) is 24.1 Å². The molecule has 10 nitrogen and oxygen atoms in total. The number of piperazine rings is 1. The van der Waals surface area contributed by atoms with E-state index in [2.05, 4.69) is 39.0 Å². The van der Waals surface area contributed by atoms with E-state index in [0.29, 0.717) is 17.8 Å². The Morgan fingerprint density at radius 1 is 1.17 bits per heavy atom. The van der Waals surface area contributed by atoms with Gasteiger partial charge in [0, 0.05) is 70.7 Å². The van der Waals surface area contributed by atoms with Crippen LogP contribution >= 0.6 is 0 Å². The summed E-state index contributed by atoms with van der Waals surface area (Å²) in [5.74, 6) is 0.695. The average Bonchev–Trinajstić information content (AvgIpc) is 3.38. The Hall–Kier alpha value is -3.66. The van der Waals surface area contributed by atoms with Crippen LogP contribution in [-0.4, -0.2) is 88.6 Å². The number of aromatic nitrogens is 3. The SMILES string of the molecule is CN(C)C(=O)CN1CCN(c2cc3c(cc2NC(=O)c2cnn4cccnc24)CC(C)(C)O3)CC1. The lowest BCUT2D eigenvalue weighted by molar-refractivity contribution is -0.129. The Balaban J connectivity index is 1.41. The van der Waals surface area contributed by atoms with Gasteiger partial charge in [-0.3, -0.25) is 14.5 Å². The summed E-state index contributed by atoms with van der Waals surface area (Å²) < 4.78 is 7.78. The average molecular weight is 478 g/mol. The lowest BCUT2D eigenvalue weighted by Crippen LogP contribution is -2.49. The second kappa shape index (κ2) is 8.84. The smallest absolute Gasteiger partial charge is 0.261 e. The van der Waals surface area contributed by atoms with Gasteiger partial charge in [-0.1, -0.05) is 0 Å². The minimum atomic E-state index is -0.292. The molecular formula is C25H31N7O3. The van der Waals surface area contributed by atoms with E-state index in [1.54, 1.807) is 42.0 Å². The molecule has 1 saturated heterocycles. The second-order valence-electron chi connectivity index (χ2n) is 9.97. The van der Waals surface area contributed by atoms with Crippen LogP contribution in [0.3, 0.4) is 0 Å². The molecular weight excluding hydrogens is 446 g/mol. The minimum absolute atomic E-state index is 0.0987. The number of carbonyl (C=O) groups excluding carboxylic acids is 2. The van der Waals surface area contributed by atoms with Crippen LogP contribution in [0.5, 0.6) is 5.75 Å². The maximum absolute atomic E-state index is 13.3. The molecule has 0 bridgehead atoms. The van der Waals surface area contributed by atoms with E-state index < -0.39 is 0 Å². The molecule has 0 radical (unpaired) electrons. The normalized spacial score (nSPS) is 17.2. The highest BCUT2D eigenvalue weighted by Gasteiger charge is 2.33. The highest BCUT2D eigenvalue weighted by molar-refractivity contribution is 6.09. The largest absolute Gasteiger partial charge is 0.487 e. The summed E-state index contributed by atoms with van der Waals surface area (Å²) in [6.45, 7) is 7.54. The van der Waals surface area contributed by atoms with Gasteiger partial charge in [-0.25, -0.2) is 9.50 Å². The van der Waals surface area contributed by atoms with Crippen molar-refractivity contribution in [1.82, 2.24) is 24.4 Å². The van der Waals surface area contributed by atoms with E-state index in [1.807, 2.05) is 12.1 Å². The Bertz CT molecular complexity index is 1280. The van der Waals surface area contributed by atoms with Crippen molar-refractivity contribution >= 4 is 28.8 Å². The Kier molecular flexibility index (Phi) is 5.84. The number of fused-ring (bicyclic) bond motifs is 2. The maximum atomic E-state index is 13.3. The number of ether oxygens (including phenoxy) is 1. The number of anilines is 2. The van der Waals surface area contributed by atoms with Gasteiger partial charge in [-0.05, 0) is 26.0 Å². The quantitative estimate of drug-likeness (QED) is 0.600. The van der Waals surface area contributed by atoms with Crippen LogP contribution in [0.15, 0.2) is 36.8 Å². The molecule has 1 N–H and O–H groups in total. The van der Waals surface area contributed by atoms with Crippen LogP contribution in [0.25, 0.3) is 5.65 Å². The van der Waals surface area contributed by atoms with Gasteiger partial charge in [-0.2, -0.15) is 5.10 Å². The summed E-state index contributed by atoms with van der Waals surface area (Å²) in [5.41, 5.74) is 3.36. The first-order valence-corrected chi connectivity index (χ1v) is 11.8. The Morgan fingerprint density at radius 3 is 2.69 bits per heavy atom. The summed E-state index contributed by atoms with van der Waals surface area (Å²) in [6, 6.07) is 5.83. The number of nitrogens with zero attached hydrogens (tertiary/aromatic N) is 6. The molecule has 184 valence electrons. The van der Waals surface area contributed by atoms with E-state index in [4.69, 9.17) is 4.74 Å². The lowest BCUT2D eigenvalue weighted by atomic mass is 10.0. The van der Waals surface area contributed by atoms with Crippen LogP contribution < -0.4 is 15.0 Å². The fourth-order valence-corrected chi connectivity index (χ4v) is 4.66. The fourth-order valence-electron chi connectivity index (χ4n) is 4.66. The van der Waals surface area contributed by atoms with Crippen molar-refractivity contribution in [2.75, 3.05) is 57.0 Å². The lowest BCUT2D eigenvalue weighted by Gasteiger charge is -2.37. The number of amides is 2. The monoisotopic (exact) mass is 477 g/mol. The van der Waals surface area contributed by atoms with E-state index in [-0.39, 0.29) is 17.4 Å². The molecule has 2 aromatic heterocycles. The molecule has 1 aromatic carbocycles. The van der Waals surface area contributed by atoms with Gasteiger partial charge in [-0.15, -0.1) is 0 Å². The zero-order valence-corrected chi connectivity index (χ0v) is 20.6. The molecule has 10 heteroatoms. The highest BCUT2D eigenvalue weighted by atomic mass is 16.5. The van der Waals surface area contributed by atoms with Gasteiger partial charge in [0.2, 0.25) is 5.91 Å². The van der Waals surface area contributed by atoms with Crippen LogP contribution in [0.1, 0.15) is 29.8 Å². The topological polar surface area (TPSA) is 95.3 Å². The number of rotatable bonds is 5. The molecule has 0 atom stereocenters. The van der Waals surface area contributed by atoms with Crippen LogP contribution in [0, 0.1) is 0 Å². The number of nitrogens with one attached hydrogen (secondary N) is 1. The third-order valence-corrected chi connectivity index (χ3v) is 6.52. The molecule has 0 unspecified atom stereocenters. The van der Waals surface area contributed by atoms with Gasteiger partial charge in [0.1, 0.15) is 16.9 Å².